The third kappa shape index (κ3) is 2.86. The summed E-state index contributed by atoms with van der Waals surface area (Å²) < 4.78 is 5.56. The topological polar surface area (TPSA) is 70.7 Å². The van der Waals surface area contributed by atoms with E-state index in [1.807, 2.05) is 0 Å². The van der Waals surface area contributed by atoms with Crippen LogP contribution in [0.3, 0.4) is 0 Å². The highest BCUT2D eigenvalue weighted by Crippen LogP contribution is 2.35. The fraction of sp³-hybridized carbons (Fsp3) is 0.500. The maximum absolute atomic E-state index is 12.0. The molecular formula is C16H21N3O3. The lowest BCUT2D eigenvalue weighted by Gasteiger charge is -2.30. The summed E-state index contributed by atoms with van der Waals surface area (Å²) in [6.45, 7) is 1.73. The zero-order valence-corrected chi connectivity index (χ0v) is 12.9. The summed E-state index contributed by atoms with van der Waals surface area (Å²) in [5.74, 6) is 0.552. The van der Waals surface area contributed by atoms with Crippen LogP contribution in [0.1, 0.15) is 32.6 Å². The molecule has 1 aromatic carbocycles. The zero-order chi connectivity index (χ0) is 15.7. The van der Waals surface area contributed by atoms with Gasteiger partial charge in [0.2, 0.25) is 0 Å². The number of rotatable bonds is 2. The van der Waals surface area contributed by atoms with Gasteiger partial charge in [0.25, 0.3) is 5.91 Å². The van der Waals surface area contributed by atoms with Crippen LogP contribution in [0.25, 0.3) is 0 Å². The van der Waals surface area contributed by atoms with Crippen molar-refractivity contribution in [3.05, 3.63) is 18.2 Å². The van der Waals surface area contributed by atoms with Crippen molar-refractivity contribution in [3.8, 4) is 5.75 Å². The molecule has 0 bridgehead atoms. The van der Waals surface area contributed by atoms with Crippen LogP contribution in [0.2, 0.25) is 0 Å². The smallest absolute Gasteiger partial charge is 0.319 e. The Bertz CT molecular complexity index is 596. The van der Waals surface area contributed by atoms with E-state index in [4.69, 9.17) is 4.74 Å². The molecule has 1 heterocycles. The summed E-state index contributed by atoms with van der Waals surface area (Å²) >= 11 is 0. The maximum atomic E-state index is 12.0. The van der Waals surface area contributed by atoms with Gasteiger partial charge in [0, 0.05) is 18.8 Å². The van der Waals surface area contributed by atoms with Crippen molar-refractivity contribution in [1.29, 1.82) is 0 Å². The molecule has 1 atom stereocenters. The number of benzene rings is 1. The Morgan fingerprint density at radius 1 is 1.32 bits per heavy atom. The van der Waals surface area contributed by atoms with Crippen LogP contribution in [-0.2, 0) is 4.79 Å². The van der Waals surface area contributed by atoms with Gasteiger partial charge in [-0.15, -0.1) is 0 Å². The van der Waals surface area contributed by atoms with Gasteiger partial charge in [-0.25, -0.2) is 4.79 Å². The molecule has 6 heteroatoms. The van der Waals surface area contributed by atoms with Crippen molar-refractivity contribution in [1.82, 2.24) is 5.32 Å². The number of anilines is 2. The highest BCUT2D eigenvalue weighted by Gasteiger charge is 2.29. The van der Waals surface area contributed by atoms with Gasteiger partial charge in [0.1, 0.15) is 5.75 Å². The molecule has 0 aromatic heterocycles. The third-order valence-electron chi connectivity index (χ3n) is 4.25. The van der Waals surface area contributed by atoms with Gasteiger partial charge in [-0.3, -0.25) is 4.79 Å². The molecular weight excluding hydrogens is 282 g/mol. The van der Waals surface area contributed by atoms with Crippen molar-refractivity contribution in [2.45, 2.75) is 44.8 Å². The van der Waals surface area contributed by atoms with Crippen molar-refractivity contribution in [2.75, 3.05) is 17.3 Å². The largest absolute Gasteiger partial charge is 0.479 e. The molecule has 1 aromatic rings. The number of hydrogen-bond donors (Lipinski definition) is 2. The third-order valence-corrected chi connectivity index (χ3v) is 4.25. The summed E-state index contributed by atoms with van der Waals surface area (Å²) in [4.78, 5) is 25.5. The van der Waals surface area contributed by atoms with Gasteiger partial charge >= 0.3 is 6.03 Å². The van der Waals surface area contributed by atoms with Crippen molar-refractivity contribution < 1.29 is 14.3 Å². The van der Waals surface area contributed by atoms with Gasteiger partial charge in [-0.2, -0.15) is 0 Å². The van der Waals surface area contributed by atoms with Crippen LogP contribution in [-0.4, -0.2) is 31.1 Å². The Morgan fingerprint density at radius 3 is 2.77 bits per heavy atom. The van der Waals surface area contributed by atoms with E-state index < -0.39 is 6.10 Å². The lowest BCUT2D eigenvalue weighted by molar-refractivity contribution is -0.125. The zero-order valence-electron chi connectivity index (χ0n) is 12.9. The summed E-state index contributed by atoms with van der Waals surface area (Å²) in [7, 11) is 1.71. The van der Waals surface area contributed by atoms with Gasteiger partial charge in [-0.1, -0.05) is 12.8 Å². The van der Waals surface area contributed by atoms with Crippen molar-refractivity contribution in [3.63, 3.8) is 0 Å². The minimum atomic E-state index is -0.484. The van der Waals surface area contributed by atoms with E-state index in [9.17, 15) is 9.59 Å². The molecule has 0 spiro atoms. The molecule has 1 saturated carbocycles. The first-order valence-corrected chi connectivity index (χ1v) is 7.70. The number of nitrogens with one attached hydrogen (secondary N) is 2. The van der Waals surface area contributed by atoms with Crippen LogP contribution in [0, 0.1) is 0 Å². The molecule has 0 radical (unpaired) electrons. The number of urea groups is 1. The maximum Gasteiger partial charge on any atom is 0.319 e. The first-order chi connectivity index (χ1) is 10.5. The van der Waals surface area contributed by atoms with E-state index in [-0.39, 0.29) is 18.0 Å². The standard InChI is InChI=1S/C16H21N3O3/c1-10-15(20)19(2)13-9-12(7-8-14(13)22-10)18-16(21)17-11-5-3-4-6-11/h7-11H,3-6H2,1-2H3,(H2,17,18,21). The van der Waals surface area contributed by atoms with E-state index in [1.54, 1.807) is 37.1 Å². The molecule has 2 aliphatic rings. The second-order valence-corrected chi connectivity index (χ2v) is 5.92. The first-order valence-electron chi connectivity index (χ1n) is 7.70. The second-order valence-electron chi connectivity index (χ2n) is 5.92. The SMILES string of the molecule is CC1Oc2ccc(NC(=O)NC3CCCC3)cc2N(C)C1=O. The molecule has 1 unspecified atom stereocenters. The van der Waals surface area contributed by atoms with Gasteiger partial charge in [0.15, 0.2) is 6.10 Å². The molecule has 3 amide bonds. The van der Waals surface area contributed by atoms with Gasteiger partial charge in [-0.05, 0) is 38.0 Å². The van der Waals surface area contributed by atoms with Crippen LogP contribution in [0.15, 0.2) is 18.2 Å². The molecule has 2 N–H and O–H groups in total. The minimum absolute atomic E-state index is 0.0972. The van der Waals surface area contributed by atoms with E-state index in [0.717, 1.165) is 12.8 Å². The normalized spacial score (nSPS) is 21.3. The number of carbonyl (C=O) groups is 2. The number of fused-ring (bicyclic) bond motifs is 1. The van der Waals surface area contributed by atoms with Gasteiger partial charge < -0.3 is 20.3 Å². The molecule has 22 heavy (non-hydrogen) atoms. The predicted octanol–water partition coefficient (Wildman–Crippen LogP) is 2.49. The fourth-order valence-corrected chi connectivity index (χ4v) is 3.01. The van der Waals surface area contributed by atoms with Crippen LogP contribution in [0.4, 0.5) is 16.2 Å². The summed E-state index contributed by atoms with van der Waals surface area (Å²) in [6, 6.07) is 5.38. The summed E-state index contributed by atoms with van der Waals surface area (Å²) in [6.07, 6.45) is 3.95. The molecule has 0 saturated heterocycles. The second kappa shape index (κ2) is 5.87. The number of carbonyl (C=O) groups excluding carboxylic acids is 2. The van der Waals surface area contributed by atoms with E-state index in [2.05, 4.69) is 10.6 Å². The average molecular weight is 303 g/mol. The summed E-state index contributed by atoms with van der Waals surface area (Å²) in [5, 5.41) is 5.79. The summed E-state index contributed by atoms with van der Waals surface area (Å²) in [5.41, 5.74) is 1.31. The van der Waals surface area contributed by atoms with Crippen molar-refractivity contribution in [2.24, 2.45) is 0 Å². The van der Waals surface area contributed by atoms with Crippen molar-refractivity contribution >= 4 is 23.3 Å². The number of ether oxygens (including phenoxy) is 1. The molecule has 118 valence electrons. The molecule has 1 fully saturated rings. The van der Waals surface area contributed by atoms with Crippen LogP contribution in [0.5, 0.6) is 5.75 Å². The number of likely N-dealkylation sites (N-methyl/N-ethyl adjacent to an activating group) is 1. The Morgan fingerprint density at radius 2 is 2.05 bits per heavy atom. The molecule has 3 rings (SSSR count). The number of nitrogens with zero attached hydrogens (tertiary/aromatic N) is 1. The monoisotopic (exact) mass is 303 g/mol. The van der Waals surface area contributed by atoms with Crippen LogP contribution < -0.4 is 20.3 Å². The van der Waals surface area contributed by atoms with E-state index >= 15 is 0 Å². The van der Waals surface area contributed by atoms with E-state index in [0.29, 0.717) is 17.1 Å². The van der Waals surface area contributed by atoms with Gasteiger partial charge in [0.05, 0.1) is 5.69 Å². The lowest BCUT2D eigenvalue weighted by atomic mass is 10.2. The Kier molecular flexibility index (Phi) is 3.92. The fourth-order valence-electron chi connectivity index (χ4n) is 3.01. The molecule has 1 aliphatic heterocycles. The number of hydrogen-bond acceptors (Lipinski definition) is 3. The highest BCUT2D eigenvalue weighted by molar-refractivity contribution is 6.00. The van der Waals surface area contributed by atoms with Crippen LogP contribution >= 0.6 is 0 Å². The first kappa shape index (κ1) is 14.7. The Balaban J connectivity index is 1.70. The lowest BCUT2D eigenvalue weighted by Crippen LogP contribution is -2.42. The predicted molar refractivity (Wildman–Crippen MR) is 84.4 cm³/mol. The number of amides is 3. The quantitative estimate of drug-likeness (QED) is 0.882. The molecule has 1 aliphatic carbocycles. The average Bonchev–Trinajstić information content (AvgIpc) is 2.98. The van der Waals surface area contributed by atoms with E-state index in [1.165, 1.54) is 12.8 Å². The molecule has 6 nitrogen and oxygen atoms in total. The Hall–Kier alpha value is -2.24. The highest BCUT2D eigenvalue weighted by atomic mass is 16.5. The minimum Gasteiger partial charge on any atom is -0.479 e. The Labute approximate surface area is 129 Å².